The van der Waals surface area contributed by atoms with Crippen LogP contribution >= 0.6 is 0 Å². The Morgan fingerprint density at radius 3 is 2.30 bits per heavy atom. The highest BCUT2D eigenvalue weighted by molar-refractivity contribution is 5.95. The molecule has 0 spiro atoms. The minimum Gasteiger partial charge on any atom is -0.508 e. The van der Waals surface area contributed by atoms with E-state index in [9.17, 15) is 33.1 Å². The van der Waals surface area contributed by atoms with Gasteiger partial charge in [0.15, 0.2) is 0 Å². The van der Waals surface area contributed by atoms with Gasteiger partial charge in [0.2, 0.25) is 12.0 Å². The van der Waals surface area contributed by atoms with Gasteiger partial charge >= 0.3 is 12.2 Å². The third-order valence-electron chi connectivity index (χ3n) is 6.70. The fourth-order valence-corrected chi connectivity index (χ4v) is 4.43. The van der Waals surface area contributed by atoms with Crippen molar-refractivity contribution >= 4 is 24.0 Å². The number of amides is 4. The lowest BCUT2D eigenvalue weighted by atomic mass is 9.92. The Morgan fingerprint density at radius 2 is 1.65 bits per heavy atom. The molecule has 1 aliphatic rings. The number of aromatic hydroxyl groups is 1. The summed E-state index contributed by atoms with van der Waals surface area (Å²) in [5.41, 5.74) is -0.654. The molecule has 0 aromatic heterocycles. The number of cyclic esters (lactones) is 1. The van der Waals surface area contributed by atoms with Crippen molar-refractivity contribution in [2.75, 3.05) is 13.1 Å². The number of rotatable bonds is 11. The van der Waals surface area contributed by atoms with Gasteiger partial charge in [-0.3, -0.25) is 9.59 Å². The van der Waals surface area contributed by atoms with Crippen molar-refractivity contribution in [1.29, 1.82) is 0 Å². The van der Waals surface area contributed by atoms with Gasteiger partial charge in [-0.1, -0.05) is 26.0 Å². The van der Waals surface area contributed by atoms with E-state index in [-0.39, 0.29) is 49.6 Å². The van der Waals surface area contributed by atoms with Crippen LogP contribution in [-0.2, 0) is 31.9 Å². The normalized spacial score (nSPS) is 16.9. The monoisotopic (exact) mass is 603 g/mol. The maximum atomic E-state index is 13.8. The van der Waals surface area contributed by atoms with Crippen LogP contribution in [0.1, 0.15) is 58.6 Å². The zero-order chi connectivity index (χ0) is 31.9. The number of carbonyl (C=O) groups excluding carboxylic acids is 4. The van der Waals surface area contributed by atoms with Crippen molar-refractivity contribution in [3.63, 3.8) is 0 Å². The summed E-state index contributed by atoms with van der Waals surface area (Å²) in [6.07, 6.45) is -2.57. The molecule has 0 radical (unpaired) electrons. The molecule has 3 rings (SSSR count). The molecule has 3 N–H and O–H groups in total. The van der Waals surface area contributed by atoms with E-state index in [1.165, 1.54) is 12.1 Å². The molecule has 1 heterocycles. The van der Waals surface area contributed by atoms with Crippen LogP contribution in [-0.4, -0.2) is 64.8 Å². The number of carbonyl (C=O) groups is 4. The highest BCUT2D eigenvalue weighted by Crippen LogP contribution is 2.27. The van der Waals surface area contributed by atoms with Gasteiger partial charge in [0.25, 0.3) is 5.91 Å². The Kier molecular flexibility index (Phi) is 10.7. The van der Waals surface area contributed by atoms with Crippen LogP contribution in [0.5, 0.6) is 5.75 Å². The molecule has 1 fully saturated rings. The Morgan fingerprint density at radius 1 is 1.00 bits per heavy atom. The minimum atomic E-state index is -1.33. The molecule has 10 nitrogen and oxygen atoms in total. The second-order valence-electron chi connectivity index (χ2n) is 12.3. The molecular weight excluding hydrogens is 564 g/mol. The number of nitrogens with zero attached hydrogens (tertiary/aromatic N) is 1. The van der Waals surface area contributed by atoms with E-state index in [0.29, 0.717) is 12.0 Å². The molecule has 4 amide bonds. The van der Waals surface area contributed by atoms with Crippen molar-refractivity contribution in [2.24, 2.45) is 5.41 Å². The smallest absolute Gasteiger partial charge is 0.420 e. The average Bonchev–Trinajstić information content (AvgIpc) is 3.24. The second-order valence-corrected chi connectivity index (χ2v) is 12.3. The van der Waals surface area contributed by atoms with E-state index in [1.54, 1.807) is 32.9 Å². The summed E-state index contributed by atoms with van der Waals surface area (Å²) < 4.78 is 37.9. The van der Waals surface area contributed by atoms with Crippen LogP contribution in [0.15, 0.2) is 42.5 Å². The summed E-state index contributed by atoms with van der Waals surface area (Å²) in [4.78, 5) is 52.1. The SMILES string of the molecule is CC(C)(CNC(=O)CCCc1cc(F)ccc1F)CNC(=O)C1OC(=O)N(C(=O)OC(C)(C)C)C1Cc1ccc(O)cc1. The summed E-state index contributed by atoms with van der Waals surface area (Å²) in [5.74, 6) is -1.93. The fraction of sp³-hybridized carbons (Fsp3) is 0.484. The number of halogens is 2. The van der Waals surface area contributed by atoms with E-state index in [2.05, 4.69) is 10.6 Å². The molecule has 0 saturated carbocycles. The number of phenols is 1. The zero-order valence-corrected chi connectivity index (χ0v) is 25.0. The Labute approximate surface area is 249 Å². The van der Waals surface area contributed by atoms with Gasteiger partial charge in [0.1, 0.15) is 23.0 Å². The third-order valence-corrected chi connectivity index (χ3v) is 6.70. The summed E-state index contributed by atoms with van der Waals surface area (Å²) in [7, 11) is 0. The molecule has 43 heavy (non-hydrogen) atoms. The Balaban J connectivity index is 1.58. The number of imide groups is 1. The van der Waals surface area contributed by atoms with E-state index in [1.807, 2.05) is 13.8 Å². The van der Waals surface area contributed by atoms with Gasteiger partial charge in [0.05, 0.1) is 6.04 Å². The lowest BCUT2D eigenvalue weighted by Crippen LogP contribution is -2.50. The van der Waals surface area contributed by atoms with Gasteiger partial charge in [-0.2, -0.15) is 0 Å². The first-order chi connectivity index (χ1) is 20.0. The fourth-order valence-electron chi connectivity index (χ4n) is 4.43. The summed E-state index contributed by atoms with van der Waals surface area (Å²) in [5, 5.41) is 15.2. The van der Waals surface area contributed by atoms with E-state index < -0.39 is 52.9 Å². The quantitative estimate of drug-likeness (QED) is 0.341. The van der Waals surface area contributed by atoms with E-state index in [0.717, 1.165) is 23.1 Å². The summed E-state index contributed by atoms with van der Waals surface area (Å²) >= 11 is 0. The van der Waals surface area contributed by atoms with Crippen molar-refractivity contribution < 1.29 is 42.5 Å². The first-order valence-corrected chi connectivity index (χ1v) is 14.0. The molecule has 1 aliphatic heterocycles. The highest BCUT2D eigenvalue weighted by atomic mass is 19.1. The Hall–Kier alpha value is -4.22. The van der Waals surface area contributed by atoms with Crippen molar-refractivity contribution in [1.82, 2.24) is 15.5 Å². The molecular formula is C31H39F2N3O7. The molecule has 2 aromatic carbocycles. The Bertz CT molecular complexity index is 1330. The van der Waals surface area contributed by atoms with Gasteiger partial charge in [-0.25, -0.2) is 23.3 Å². The predicted octanol–water partition coefficient (Wildman–Crippen LogP) is 4.62. The largest absolute Gasteiger partial charge is 0.508 e. The van der Waals surface area contributed by atoms with Crippen LogP contribution in [0.25, 0.3) is 0 Å². The lowest BCUT2D eigenvalue weighted by molar-refractivity contribution is -0.129. The number of benzene rings is 2. The van der Waals surface area contributed by atoms with Gasteiger partial charge in [-0.05, 0) is 86.9 Å². The molecule has 12 heteroatoms. The maximum Gasteiger partial charge on any atom is 0.420 e. The molecule has 1 saturated heterocycles. The number of hydrogen-bond donors (Lipinski definition) is 3. The standard InChI is InChI=1S/C31H39F2N3O7/c1-30(2,3)43-29(41)36-24(15-19-9-12-22(37)13-10-19)26(42-28(36)40)27(39)35-18-31(4,5)17-34-25(38)8-6-7-20-16-21(32)11-14-23(20)33/h9-14,16,24,26,37H,6-8,15,17-18H2,1-5H3,(H,34,38)(H,35,39). The molecule has 0 aliphatic carbocycles. The number of ether oxygens (including phenoxy) is 2. The van der Waals surface area contributed by atoms with Gasteiger partial charge in [-0.15, -0.1) is 0 Å². The maximum absolute atomic E-state index is 13.8. The number of nitrogens with one attached hydrogen (secondary N) is 2. The van der Waals surface area contributed by atoms with Crippen molar-refractivity contribution in [2.45, 2.75) is 78.0 Å². The van der Waals surface area contributed by atoms with Crippen LogP contribution in [0.4, 0.5) is 18.4 Å². The van der Waals surface area contributed by atoms with E-state index in [4.69, 9.17) is 9.47 Å². The van der Waals surface area contributed by atoms with E-state index >= 15 is 0 Å². The average molecular weight is 604 g/mol. The van der Waals surface area contributed by atoms with Crippen LogP contribution in [0, 0.1) is 17.0 Å². The zero-order valence-electron chi connectivity index (χ0n) is 25.0. The third kappa shape index (κ3) is 9.93. The molecule has 2 unspecified atom stereocenters. The summed E-state index contributed by atoms with van der Waals surface area (Å²) in [6.45, 7) is 8.89. The van der Waals surface area contributed by atoms with Crippen LogP contribution in [0.2, 0.25) is 0 Å². The first kappa shape index (κ1) is 33.3. The van der Waals surface area contributed by atoms with Gasteiger partial charge < -0.3 is 25.2 Å². The minimum absolute atomic E-state index is 0.0376. The topological polar surface area (TPSA) is 134 Å². The number of aryl methyl sites for hydroxylation is 1. The van der Waals surface area contributed by atoms with Crippen LogP contribution < -0.4 is 10.6 Å². The number of hydrogen-bond acceptors (Lipinski definition) is 7. The highest BCUT2D eigenvalue weighted by Gasteiger charge is 2.50. The van der Waals surface area contributed by atoms with Gasteiger partial charge in [0, 0.05) is 19.5 Å². The molecule has 2 aromatic rings. The molecule has 0 bridgehead atoms. The van der Waals surface area contributed by atoms with Crippen LogP contribution in [0.3, 0.4) is 0 Å². The molecule has 234 valence electrons. The summed E-state index contributed by atoms with van der Waals surface area (Å²) in [6, 6.07) is 8.32. The van der Waals surface area contributed by atoms with Crippen molar-refractivity contribution in [3.8, 4) is 5.75 Å². The number of phenolic OH excluding ortho intramolecular Hbond substituents is 1. The lowest BCUT2D eigenvalue weighted by Gasteiger charge is -2.28. The van der Waals surface area contributed by atoms with Crippen molar-refractivity contribution in [3.05, 3.63) is 65.2 Å². The molecule has 2 atom stereocenters. The predicted molar refractivity (Wildman–Crippen MR) is 153 cm³/mol. The first-order valence-electron chi connectivity index (χ1n) is 14.0. The second kappa shape index (κ2) is 13.8.